The molecule has 0 saturated carbocycles. The summed E-state index contributed by atoms with van der Waals surface area (Å²) in [6.45, 7) is 1.01. The number of ether oxygens (including phenoxy) is 1. The average molecular weight is 415 g/mol. The molecule has 0 radical (unpaired) electrons. The van der Waals surface area contributed by atoms with Crippen molar-refractivity contribution in [2.24, 2.45) is 5.16 Å². The smallest absolute Gasteiger partial charge is 0.227 e. The molecule has 3 aromatic rings. The van der Waals surface area contributed by atoms with Crippen molar-refractivity contribution in [1.82, 2.24) is 4.90 Å². The maximum absolute atomic E-state index is 13.2. The Morgan fingerprint density at radius 3 is 2.32 bits per heavy atom. The second-order valence-electron chi connectivity index (χ2n) is 7.59. The van der Waals surface area contributed by atoms with Crippen LogP contribution in [-0.4, -0.2) is 36.3 Å². The van der Waals surface area contributed by atoms with Gasteiger partial charge in [-0.1, -0.05) is 78.0 Å². The van der Waals surface area contributed by atoms with Crippen molar-refractivity contribution in [3.05, 3.63) is 102 Å². The largest absolute Gasteiger partial charge is 0.496 e. The van der Waals surface area contributed by atoms with Crippen LogP contribution in [0.3, 0.4) is 0 Å². The third-order valence-electron chi connectivity index (χ3n) is 5.34. The highest BCUT2D eigenvalue weighted by atomic mass is 16.6. The van der Waals surface area contributed by atoms with E-state index >= 15 is 0 Å². The standard InChI is InChI=1S/C26H26N2O3/c1-30-25-15-9-8-14-23(25)24-17-22(31-27-24)19-28(18-21-12-6-3-7-13-21)26(29)16-20-10-4-2-5-11-20/h2-15,22H,16-19H2,1H3. The van der Waals surface area contributed by atoms with Crippen LogP contribution in [0.2, 0.25) is 0 Å². The van der Waals surface area contributed by atoms with Gasteiger partial charge in [0.15, 0.2) is 6.10 Å². The third-order valence-corrected chi connectivity index (χ3v) is 5.34. The van der Waals surface area contributed by atoms with Crippen LogP contribution in [0, 0.1) is 0 Å². The number of carbonyl (C=O) groups is 1. The SMILES string of the molecule is COc1ccccc1C1=NOC(CN(Cc2ccccc2)C(=O)Cc2ccccc2)C1. The van der Waals surface area contributed by atoms with E-state index in [0.29, 0.717) is 25.9 Å². The first kappa shape index (κ1) is 20.7. The van der Waals surface area contributed by atoms with Crippen molar-refractivity contribution in [2.45, 2.75) is 25.5 Å². The Hall–Kier alpha value is -3.60. The number of nitrogens with zero attached hydrogens (tertiary/aromatic N) is 2. The first-order chi connectivity index (χ1) is 15.2. The minimum atomic E-state index is -0.191. The summed E-state index contributed by atoms with van der Waals surface area (Å²) >= 11 is 0. The van der Waals surface area contributed by atoms with Crippen LogP contribution < -0.4 is 4.74 Å². The molecule has 5 heteroatoms. The zero-order chi connectivity index (χ0) is 21.5. The summed E-state index contributed by atoms with van der Waals surface area (Å²) < 4.78 is 5.46. The number of benzene rings is 3. The van der Waals surface area contributed by atoms with Crippen molar-refractivity contribution in [3.8, 4) is 5.75 Å². The maximum Gasteiger partial charge on any atom is 0.227 e. The second-order valence-corrected chi connectivity index (χ2v) is 7.59. The van der Waals surface area contributed by atoms with E-state index in [2.05, 4.69) is 5.16 Å². The fraction of sp³-hybridized carbons (Fsp3) is 0.231. The van der Waals surface area contributed by atoms with Gasteiger partial charge in [0, 0.05) is 18.5 Å². The number of hydrogen-bond donors (Lipinski definition) is 0. The molecule has 1 unspecified atom stereocenters. The van der Waals surface area contributed by atoms with Crippen molar-refractivity contribution in [3.63, 3.8) is 0 Å². The molecular weight excluding hydrogens is 388 g/mol. The molecule has 1 atom stereocenters. The molecule has 0 aromatic heterocycles. The molecule has 5 nitrogen and oxygen atoms in total. The monoisotopic (exact) mass is 414 g/mol. The summed E-state index contributed by atoms with van der Waals surface area (Å²) in [4.78, 5) is 20.8. The van der Waals surface area contributed by atoms with Gasteiger partial charge in [0.25, 0.3) is 0 Å². The van der Waals surface area contributed by atoms with Gasteiger partial charge in [-0.3, -0.25) is 4.79 Å². The minimum Gasteiger partial charge on any atom is -0.496 e. The zero-order valence-corrected chi connectivity index (χ0v) is 17.6. The van der Waals surface area contributed by atoms with Gasteiger partial charge >= 0.3 is 0 Å². The van der Waals surface area contributed by atoms with Gasteiger partial charge in [-0.25, -0.2) is 0 Å². The van der Waals surface area contributed by atoms with Gasteiger partial charge in [-0.05, 0) is 23.3 Å². The van der Waals surface area contributed by atoms with Gasteiger partial charge in [0.2, 0.25) is 5.91 Å². The summed E-state index contributed by atoms with van der Waals surface area (Å²) in [6, 6.07) is 27.6. The quantitative estimate of drug-likeness (QED) is 0.547. The lowest BCUT2D eigenvalue weighted by Crippen LogP contribution is -2.38. The molecule has 0 N–H and O–H groups in total. The molecule has 158 valence electrons. The van der Waals surface area contributed by atoms with Crippen LogP contribution in [0.15, 0.2) is 90.1 Å². The van der Waals surface area contributed by atoms with Crippen LogP contribution in [-0.2, 0) is 22.6 Å². The summed E-state index contributed by atoms with van der Waals surface area (Å²) in [5.74, 6) is 0.844. The van der Waals surface area contributed by atoms with Gasteiger partial charge in [-0.2, -0.15) is 0 Å². The number of rotatable bonds is 8. The van der Waals surface area contributed by atoms with E-state index in [1.165, 1.54) is 0 Å². The van der Waals surface area contributed by atoms with E-state index < -0.39 is 0 Å². The molecule has 0 saturated heterocycles. The van der Waals surface area contributed by atoms with Gasteiger partial charge in [0.05, 0.1) is 25.8 Å². The molecule has 0 spiro atoms. The Bertz CT molecular complexity index is 1030. The molecule has 1 heterocycles. The highest BCUT2D eigenvalue weighted by Gasteiger charge is 2.28. The van der Waals surface area contributed by atoms with Gasteiger partial charge in [0.1, 0.15) is 5.75 Å². The molecule has 1 amide bonds. The number of para-hydroxylation sites is 1. The highest BCUT2D eigenvalue weighted by molar-refractivity contribution is 6.03. The Morgan fingerprint density at radius 1 is 0.968 bits per heavy atom. The summed E-state index contributed by atoms with van der Waals surface area (Å²) in [5, 5.41) is 4.30. The molecular formula is C26H26N2O3. The van der Waals surface area contributed by atoms with E-state index in [4.69, 9.17) is 9.57 Å². The molecule has 1 aliphatic heterocycles. The Kier molecular flexibility index (Phi) is 6.62. The lowest BCUT2D eigenvalue weighted by Gasteiger charge is -2.25. The summed E-state index contributed by atoms with van der Waals surface area (Å²) in [5.41, 5.74) is 3.87. The Balaban J connectivity index is 1.46. The predicted molar refractivity (Wildman–Crippen MR) is 121 cm³/mol. The normalized spacial score (nSPS) is 15.1. The fourth-order valence-corrected chi connectivity index (χ4v) is 3.75. The summed E-state index contributed by atoms with van der Waals surface area (Å²) in [6.07, 6.45) is 0.800. The molecule has 31 heavy (non-hydrogen) atoms. The van der Waals surface area contributed by atoms with E-state index in [1.807, 2.05) is 89.8 Å². The van der Waals surface area contributed by atoms with Crippen LogP contribution in [0.25, 0.3) is 0 Å². The van der Waals surface area contributed by atoms with Crippen LogP contribution in [0.4, 0.5) is 0 Å². The molecule has 0 aliphatic carbocycles. The first-order valence-electron chi connectivity index (χ1n) is 10.4. The van der Waals surface area contributed by atoms with E-state index in [0.717, 1.165) is 28.2 Å². The number of oxime groups is 1. The Morgan fingerprint density at radius 2 is 1.61 bits per heavy atom. The zero-order valence-electron chi connectivity index (χ0n) is 17.6. The predicted octanol–water partition coefficient (Wildman–Crippen LogP) is 4.46. The lowest BCUT2D eigenvalue weighted by molar-refractivity contribution is -0.132. The third kappa shape index (κ3) is 5.31. The topological polar surface area (TPSA) is 51.1 Å². The molecule has 4 rings (SSSR count). The molecule has 1 aliphatic rings. The van der Waals surface area contributed by atoms with Crippen molar-refractivity contribution < 1.29 is 14.4 Å². The Labute approximate surface area is 182 Å². The lowest BCUT2D eigenvalue weighted by atomic mass is 10.0. The second kappa shape index (κ2) is 9.94. The molecule has 0 fully saturated rings. The first-order valence-corrected chi connectivity index (χ1v) is 10.4. The van der Waals surface area contributed by atoms with Crippen molar-refractivity contribution >= 4 is 11.6 Å². The molecule has 0 bridgehead atoms. The van der Waals surface area contributed by atoms with Crippen LogP contribution in [0.1, 0.15) is 23.1 Å². The number of amides is 1. The maximum atomic E-state index is 13.2. The van der Waals surface area contributed by atoms with Gasteiger partial charge in [-0.15, -0.1) is 0 Å². The highest BCUT2D eigenvalue weighted by Crippen LogP contribution is 2.25. The fourth-order valence-electron chi connectivity index (χ4n) is 3.75. The van der Waals surface area contributed by atoms with Gasteiger partial charge < -0.3 is 14.5 Å². The van der Waals surface area contributed by atoms with Crippen molar-refractivity contribution in [1.29, 1.82) is 0 Å². The van der Waals surface area contributed by atoms with E-state index in [-0.39, 0.29) is 12.0 Å². The minimum absolute atomic E-state index is 0.0735. The van der Waals surface area contributed by atoms with E-state index in [1.54, 1.807) is 7.11 Å². The van der Waals surface area contributed by atoms with Crippen LogP contribution >= 0.6 is 0 Å². The van der Waals surface area contributed by atoms with E-state index in [9.17, 15) is 4.79 Å². The van der Waals surface area contributed by atoms with Crippen molar-refractivity contribution in [2.75, 3.05) is 13.7 Å². The molecule has 3 aromatic carbocycles. The number of methoxy groups -OCH3 is 1. The van der Waals surface area contributed by atoms with Crippen LogP contribution in [0.5, 0.6) is 5.75 Å². The average Bonchev–Trinajstić information content (AvgIpc) is 3.28. The summed E-state index contributed by atoms with van der Waals surface area (Å²) in [7, 11) is 1.65. The number of hydrogen-bond acceptors (Lipinski definition) is 4. The number of carbonyl (C=O) groups excluding carboxylic acids is 1.